The van der Waals surface area contributed by atoms with E-state index < -0.39 is 0 Å². The summed E-state index contributed by atoms with van der Waals surface area (Å²) in [5.74, 6) is 1.60. The van der Waals surface area contributed by atoms with Crippen molar-refractivity contribution in [3.63, 3.8) is 0 Å². The van der Waals surface area contributed by atoms with Crippen LogP contribution in [-0.2, 0) is 6.54 Å². The van der Waals surface area contributed by atoms with Crippen LogP contribution in [0, 0.1) is 11.7 Å². The van der Waals surface area contributed by atoms with Crippen molar-refractivity contribution in [1.82, 2.24) is 14.9 Å². The molecule has 8 heteroatoms. The van der Waals surface area contributed by atoms with Gasteiger partial charge in [-0.3, -0.25) is 5.10 Å². The zero-order chi connectivity index (χ0) is 15.6. The molecule has 0 aliphatic carbocycles. The minimum atomic E-state index is 0.119. The zero-order valence-corrected chi connectivity index (χ0v) is 15.9. The molecule has 0 amide bonds. The van der Waals surface area contributed by atoms with Crippen LogP contribution in [0.2, 0.25) is 0 Å². The number of aromatic nitrogens is 3. The van der Waals surface area contributed by atoms with Gasteiger partial charge in [-0.25, -0.2) is 4.68 Å². The molecular weight excluding hydrogens is 420 g/mol. The third-order valence-corrected chi connectivity index (χ3v) is 4.14. The molecule has 0 spiro atoms. The molecule has 1 aromatic heterocycles. The van der Waals surface area contributed by atoms with E-state index in [2.05, 4.69) is 47.5 Å². The summed E-state index contributed by atoms with van der Waals surface area (Å²) in [4.78, 5) is 0. The van der Waals surface area contributed by atoms with Crippen LogP contribution in [0.4, 0.5) is 0 Å². The van der Waals surface area contributed by atoms with Gasteiger partial charge >= 0.3 is 0 Å². The van der Waals surface area contributed by atoms with Gasteiger partial charge in [0.25, 0.3) is 0 Å². The molecule has 0 aliphatic heterocycles. The monoisotopic (exact) mass is 434 g/mol. The minimum absolute atomic E-state index is 0.119. The number of rotatable bonds is 5. The average molecular weight is 436 g/mol. The second-order valence-electron chi connectivity index (χ2n) is 4.80. The Balaban J connectivity index is 2.17. The first-order chi connectivity index (χ1) is 9.88. The molecule has 2 aromatic rings. The van der Waals surface area contributed by atoms with Gasteiger partial charge in [0.1, 0.15) is 11.6 Å². The van der Waals surface area contributed by atoms with E-state index in [1.807, 2.05) is 32.9 Å². The third-order valence-electron chi connectivity index (χ3n) is 2.69. The fourth-order valence-corrected chi connectivity index (χ4v) is 3.51. The largest absolute Gasteiger partial charge is 0.489 e. The van der Waals surface area contributed by atoms with Gasteiger partial charge in [0.05, 0.1) is 21.6 Å². The Morgan fingerprint density at radius 2 is 2.00 bits per heavy atom. The Labute approximate surface area is 145 Å². The van der Waals surface area contributed by atoms with Crippen molar-refractivity contribution in [1.29, 1.82) is 0 Å². The maximum Gasteiger partial charge on any atom is 0.214 e. The lowest BCUT2D eigenvalue weighted by atomic mass is 10.2. The summed E-state index contributed by atoms with van der Waals surface area (Å²) in [7, 11) is 0. The second-order valence-corrected chi connectivity index (χ2v) is 6.90. The molecule has 114 valence electrons. The van der Waals surface area contributed by atoms with E-state index in [-0.39, 0.29) is 6.10 Å². The summed E-state index contributed by atoms with van der Waals surface area (Å²) in [6.07, 6.45) is 0.119. The van der Waals surface area contributed by atoms with Gasteiger partial charge < -0.3 is 10.2 Å². The molecule has 2 rings (SSSR count). The molecule has 1 heterocycles. The molecule has 5 nitrogen and oxygen atoms in total. The van der Waals surface area contributed by atoms with Gasteiger partial charge in [0.15, 0.2) is 0 Å². The summed E-state index contributed by atoms with van der Waals surface area (Å²) < 4.78 is 9.88. The Hall–Kier alpha value is -0.860. The topological polar surface area (TPSA) is 54.9 Å². The number of nitrogens with one attached hydrogen (secondary N) is 2. The second kappa shape index (κ2) is 6.93. The number of nitrogens with zero attached hydrogens (tertiary/aromatic N) is 2. The van der Waals surface area contributed by atoms with Gasteiger partial charge in [0.2, 0.25) is 4.77 Å². The average Bonchev–Trinajstić information content (AvgIpc) is 2.71. The number of hydrogen-bond acceptors (Lipinski definition) is 4. The van der Waals surface area contributed by atoms with Crippen LogP contribution < -0.4 is 10.2 Å². The molecule has 0 unspecified atom stereocenters. The fraction of sp³-hybridized carbons (Fsp3) is 0.385. The highest BCUT2D eigenvalue weighted by molar-refractivity contribution is 9.11. The SMILES string of the molecule is Cc1n[nH]c(=S)n1NCc1cc(Br)c(OC(C)C)c(Br)c1. The van der Waals surface area contributed by atoms with E-state index in [0.29, 0.717) is 11.3 Å². The summed E-state index contributed by atoms with van der Waals surface area (Å²) in [6.45, 7) is 6.49. The van der Waals surface area contributed by atoms with Crippen molar-refractivity contribution in [2.45, 2.75) is 33.4 Å². The number of ether oxygens (including phenoxy) is 1. The smallest absolute Gasteiger partial charge is 0.214 e. The van der Waals surface area contributed by atoms with Crippen LogP contribution in [0.3, 0.4) is 0 Å². The first-order valence-electron chi connectivity index (χ1n) is 6.41. The third kappa shape index (κ3) is 4.08. The van der Waals surface area contributed by atoms with Crippen LogP contribution in [0.25, 0.3) is 0 Å². The predicted octanol–water partition coefficient (Wildman–Crippen LogP) is 4.31. The number of aryl methyl sites for hydroxylation is 1. The van der Waals surface area contributed by atoms with E-state index in [9.17, 15) is 0 Å². The van der Waals surface area contributed by atoms with Crippen LogP contribution >= 0.6 is 44.1 Å². The van der Waals surface area contributed by atoms with Crippen molar-refractivity contribution >= 4 is 44.1 Å². The number of aromatic amines is 1. The summed E-state index contributed by atoms with van der Waals surface area (Å²) in [5, 5.41) is 6.80. The minimum Gasteiger partial charge on any atom is -0.489 e. The van der Waals surface area contributed by atoms with E-state index in [4.69, 9.17) is 17.0 Å². The van der Waals surface area contributed by atoms with Crippen LogP contribution in [-0.4, -0.2) is 21.0 Å². The molecular formula is C13H16Br2N4OS. The molecule has 1 aromatic carbocycles. The maximum atomic E-state index is 5.77. The lowest BCUT2D eigenvalue weighted by molar-refractivity contribution is 0.239. The van der Waals surface area contributed by atoms with Gasteiger partial charge in [-0.15, -0.1) is 0 Å². The Morgan fingerprint density at radius 3 is 2.48 bits per heavy atom. The lowest BCUT2D eigenvalue weighted by Crippen LogP contribution is -2.16. The van der Waals surface area contributed by atoms with Crippen LogP contribution in [0.1, 0.15) is 25.2 Å². The number of halogens is 2. The van der Waals surface area contributed by atoms with Crippen molar-refractivity contribution < 1.29 is 4.74 Å². The molecule has 0 radical (unpaired) electrons. The molecule has 0 saturated carbocycles. The van der Waals surface area contributed by atoms with Crippen molar-refractivity contribution in [2.75, 3.05) is 5.43 Å². The number of H-pyrrole nitrogens is 1. The van der Waals surface area contributed by atoms with Gasteiger partial charge in [0, 0.05) is 0 Å². The molecule has 0 aliphatic rings. The first kappa shape index (κ1) is 16.5. The normalized spacial score (nSPS) is 11.0. The van der Waals surface area contributed by atoms with E-state index in [0.717, 1.165) is 26.1 Å². The zero-order valence-electron chi connectivity index (χ0n) is 11.9. The highest BCUT2D eigenvalue weighted by Gasteiger charge is 2.11. The summed E-state index contributed by atoms with van der Waals surface area (Å²) in [5.41, 5.74) is 4.32. The lowest BCUT2D eigenvalue weighted by Gasteiger charge is -2.15. The number of hydrogen-bond donors (Lipinski definition) is 2. The molecule has 0 fully saturated rings. The summed E-state index contributed by atoms with van der Waals surface area (Å²) >= 11 is 12.2. The van der Waals surface area contributed by atoms with Crippen molar-refractivity contribution in [3.8, 4) is 5.75 Å². The van der Waals surface area contributed by atoms with Crippen molar-refractivity contribution in [3.05, 3.63) is 37.2 Å². The molecule has 0 saturated heterocycles. The standard InChI is InChI=1S/C13H16Br2N4OS/c1-7(2)20-12-10(14)4-9(5-11(12)15)6-16-19-8(3)17-18-13(19)21/h4-5,7,16H,6H2,1-3H3,(H,18,21). The Bertz CT molecular complexity index is 673. The molecule has 2 N–H and O–H groups in total. The highest BCUT2D eigenvalue weighted by Crippen LogP contribution is 2.35. The molecule has 0 bridgehead atoms. The highest BCUT2D eigenvalue weighted by atomic mass is 79.9. The first-order valence-corrected chi connectivity index (χ1v) is 8.40. The predicted molar refractivity (Wildman–Crippen MR) is 92.8 cm³/mol. The van der Waals surface area contributed by atoms with Gasteiger partial charge in [-0.05, 0) is 82.5 Å². The van der Waals surface area contributed by atoms with Crippen LogP contribution in [0.5, 0.6) is 5.75 Å². The van der Waals surface area contributed by atoms with E-state index in [1.54, 1.807) is 4.68 Å². The van der Waals surface area contributed by atoms with Gasteiger partial charge in [-0.1, -0.05) is 0 Å². The van der Waals surface area contributed by atoms with Gasteiger partial charge in [-0.2, -0.15) is 5.10 Å². The Morgan fingerprint density at radius 1 is 1.38 bits per heavy atom. The maximum absolute atomic E-state index is 5.77. The quantitative estimate of drug-likeness (QED) is 0.687. The van der Waals surface area contributed by atoms with E-state index >= 15 is 0 Å². The van der Waals surface area contributed by atoms with Crippen LogP contribution in [0.15, 0.2) is 21.1 Å². The fourth-order valence-electron chi connectivity index (χ4n) is 1.79. The van der Waals surface area contributed by atoms with E-state index in [1.165, 1.54) is 0 Å². The molecule has 21 heavy (non-hydrogen) atoms. The van der Waals surface area contributed by atoms with Crippen molar-refractivity contribution in [2.24, 2.45) is 0 Å². The summed E-state index contributed by atoms with van der Waals surface area (Å²) in [6, 6.07) is 4.04. The molecule has 0 atom stereocenters. The number of benzene rings is 1. The Kier molecular flexibility index (Phi) is 5.45.